The van der Waals surface area contributed by atoms with Gasteiger partial charge in [0.25, 0.3) is 0 Å². The first-order valence-corrected chi connectivity index (χ1v) is 9.21. The lowest BCUT2D eigenvalue weighted by Gasteiger charge is -2.36. The fourth-order valence-corrected chi connectivity index (χ4v) is 5.20. The minimum Gasteiger partial charge on any atom is -0.306 e. The maximum Gasteiger partial charge on any atom is 0.243 e. The van der Waals surface area contributed by atoms with Crippen molar-refractivity contribution in [3.8, 4) is 0 Å². The Hall–Kier alpha value is -0.910. The lowest BCUT2D eigenvalue weighted by Crippen LogP contribution is -2.47. The third kappa shape index (κ3) is 3.15. The van der Waals surface area contributed by atoms with Crippen LogP contribution in [-0.4, -0.2) is 49.8 Å². The van der Waals surface area contributed by atoms with Gasteiger partial charge in [-0.2, -0.15) is 4.31 Å². The van der Waals surface area contributed by atoms with Crippen molar-refractivity contribution in [1.82, 2.24) is 9.21 Å². The van der Waals surface area contributed by atoms with Crippen LogP contribution in [0.5, 0.6) is 0 Å². The number of sulfonamides is 1. The van der Waals surface area contributed by atoms with E-state index >= 15 is 0 Å². The highest BCUT2D eigenvalue weighted by Gasteiger charge is 2.43. The van der Waals surface area contributed by atoms with Crippen LogP contribution in [0.1, 0.15) is 31.2 Å². The molecule has 1 aromatic rings. The van der Waals surface area contributed by atoms with Crippen molar-refractivity contribution in [1.29, 1.82) is 0 Å². The van der Waals surface area contributed by atoms with E-state index in [-0.39, 0.29) is 12.1 Å². The molecule has 1 heterocycles. The van der Waals surface area contributed by atoms with Crippen molar-refractivity contribution in [3.63, 3.8) is 0 Å². The molecule has 0 radical (unpaired) electrons. The Balaban J connectivity index is 1.89. The van der Waals surface area contributed by atoms with Crippen molar-refractivity contribution in [2.75, 3.05) is 20.1 Å². The Morgan fingerprint density at radius 3 is 2.29 bits per heavy atom. The van der Waals surface area contributed by atoms with Crippen LogP contribution in [0.4, 0.5) is 0 Å². The first-order chi connectivity index (χ1) is 9.98. The Morgan fingerprint density at radius 1 is 1.10 bits per heavy atom. The fraction of sp³-hybridized carbons (Fsp3) is 0.625. The Morgan fingerprint density at radius 2 is 1.71 bits per heavy atom. The molecule has 1 saturated heterocycles. The van der Waals surface area contributed by atoms with Gasteiger partial charge < -0.3 is 4.90 Å². The number of aryl methyl sites for hydroxylation is 1. The number of piperidine rings is 1. The maximum absolute atomic E-state index is 13.1. The topological polar surface area (TPSA) is 40.6 Å². The van der Waals surface area contributed by atoms with E-state index in [1.807, 2.05) is 23.4 Å². The summed E-state index contributed by atoms with van der Waals surface area (Å²) in [6.07, 6.45) is 3.91. The molecule has 1 aliphatic carbocycles. The molecule has 5 heteroatoms. The van der Waals surface area contributed by atoms with Crippen LogP contribution in [0.2, 0.25) is 0 Å². The molecule has 0 bridgehead atoms. The molecule has 0 spiro atoms. The van der Waals surface area contributed by atoms with E-state index in [0.29, 0.717) is 4.90 Å². The van der Waals surface area contributed by atoms with E-state index in [1.165, 1.54) is 0 Å². The molecule has 0 atom stereocenters. The van der Waals surface area contributed by atoms with E-state index in [0.717, 1.165) is 44.3 Å². The molecule has 0 amide bonds. The average Bonchev–Trinajstić information content (AvgIpc) is 3.26. The number of benzene rings is 1. The molecule has 1 saturated carbocycles. The van der Waals surface area contributed by atoms with Gasteiger partial charge in [-0.15, -0.1) is 0 Å². The predicted octanol–water partition coefficient (Wildman–Crippen LogP) is 2.24. The summed E-state index contributed by atoms with van der Waals surface area (Å²) in [7, 11) is -1.26. The Labute approximate surface area is 127 Å². The molecule has 21 heavy (non-hydrogen) atoms. The molecule has 0 unspecified atom stereocenters. The summed E-state index contributed by atoms with van der Waals surface area (Å²) < 4.78 is 27.9. The van der Waals surface area contributed by atoms with E-state index in [1.54, 1.807) is 12.1 Å². The van der Waals surface area contributed by atoms with Crippen molar-refractivity contribution < 1.29 is 8.42 Å². The van der Waals surface area contributed by atoms with Crippen LogP contribution in [0.15, 0.2) is 29.2 Å². The Kier molecular flexibility index (Phi) is 4.08. The first-order valence-electron chi connectivity index (χ1n) is 7.77. The smallest absolute Gasteiger partial charge is 0.243 e. The zero-order chi connectivity index (χ0) is 15.0. The van der Waals surface area contributed by atoms with Crippen LogP contribution in [0.3, 0.4) is 0 Å². The molecule has 3 rings (SSSR count). The minimum atomic E-state index is -3.36. The molecular weight excluding hydrogens is 284 g/mol. The highest BCUT2D eigenvalue weighted by molar-refractivity contribution is 7.89. The van der Waals surface area contributed by atoms with Crippen LogP contribution in [-0.2, 0) is 10.0 Å². The van der Waals surface area contributed by atoms with Gasteiger partial charge in [-0.3, -0.25) is 0 Å². The molecule has 2 aliphatic rings. The zero-order valence-corrected chi connectivity index (χ0v) is 13.6. The summed E-state index contributed by atoms with van der Waals surface area (Å²) >= 11 is 0. The van der Waals surface area contributed by atoms with Crippen molar-refractivity contribution in [2.24, 2.45) is 0 Å². The van der Waals surface area contributed by atoms with Gasteiger partial charge in [0.15, 0.2) is 0 Å². The summed E-state index contributed by atoms with van der Waals surface area (Å²) in [4.78, 5) is 2.73. The standard InChI is InChI=1S/C16H24N2O2S/c1-13-4-3-5-16(12-13)21(19,20)18(14-6-7-14)15-8-10-17(2)11-9-15/h3-5,12,14-15H,6-11H2,1-2H3. The molecule has 2 fully saturated rings. The maximum atomic E-state index is 13.1. The summed E-state index contributed by atoms with van der Waals surface area (Å²) in [5, 5.41) is 0. The normalized spacial score (nSPS) is 21.9. The number of rotatable bonds is 4. The highest BCUT2D eigenvalue weighted by atomic mass is 32.2. The summed E-state index contributed by atoms with van der Waals surface area (Å²) in [6, 6.07) is 7.69. The van der Waals surface area contributed by atoms with Crippen molar-refractivity contribution >= 4 is 10.0 Å². The SMILES string of the molecule is Cc1cccc(S(=O)(=O)N(C2CC2)C2CCN(C)CC2)c1. The van der Waals surface area contributed by atoms with Gasteiger partial charge in [0.05, 0.1) is 4.90 Å². The second kappa shape index (κ2) is 5.71. The number of hydrogen-bond donors (Lipinski definition) is 0. The number of likely N-dealkylation sites (tertiary alicyclic amines) is 1. The fourth-order valence-electron chi connectivity index (χ4n) is 3.17. The highest BCUT2D eigenvalue weighted by Crippen LogP contribution is 2.36. The molecule has 0 N–H and O–H groups in total. The van der Waals surface area contributed by atoms with Crippen LogP contribution in [0, 0.1) is 6.92 Å². The summed E-state index contributed by atoms with van der Waals surface area (Å²) in [5.41, 5.74) is 0.996. The summed E-state index contributed by atoms with van der Waals surface area (Å²) in [6.45, 7) is 3.91. The van der Waals surface area contributed by atoms with Gasteiger partial charge >= 0.3 is 0 Å². The molecular formula is C16H24N2O2S. The molecule has 116 valence electrons. The van der Waals surface area contributed by atoms with Gasteiger partial charge in [-0.25, -0.2) is 8.42 Å². The van der Waals surface area contributed by atoms with Gasteiger partial charge in [0, 0.05) is 12.1 Å². The van der Waals surface area contributed by atoms with E-state index in [9.17, 15) is 8.42 Å². The molecule has 1 aliphatic heterocycles. The van der Waals surface area contributed by atoms with Crippen LogP contribution >= 0.6 is 0 Å². The largest absolute Gasteiger partial charge is 0.306 e. The minimum absolute atomic E-state index is 0.166. The lowest BCUT2D eigenvalue weighted by atomic mass is 10.1. The van der Waals surface area contributed by atoms with Crippen molar-refractivity contribution in [3.05, 3.63) is 29.8 Å². The third-order valence-corrected chi connectivity index (χ3v) is 6.52. The van der Waals surface area contributed by atoms with E-state index in [4.69, 9.17) is 0 Å². The van der Waals surface area contributed by atoms with Gasteiger partial charge in [-0.1, -0.05) is 12.1 Å². The quantitative estimate of drug-likeness (QED) is 0.856. The van der Waals surface area contributed by atoms with Gasteiger partial charge in [0.2, 0.25) is 10.0 Å². The van der Waals surface area contributed by atoms with Crippen LogP contribution < -0.4 is 0 Å². The average molecular weight is 308 g/mol. The Bertz CT molecular complexity index is 602. The van der Waals surface area contributed by atoms with E-state index in [2.05, 4.69) is 11.9 Å². The molecule has 1 aromatic carbocycles. The molecule has 4 nitrogen and oxygen atoms in total. The monoisotopic (exact) mass is 308 g/mol. The van der Waals surface area contributed by atoms with Gasteiger partial charge in [0.1, 0.15) is 0 Å². The summed E-state index contributed by atoms with van der Waals surface area (Å²) in [5.74, 6) is 0. The number of nitrogens with zero attached hydrogens (tertiary/aromatic N) is 2. The second-order valence-corrected chi connectivity index (χ2v) is 8.26. The van der Waals surface area contributed by atoms with E-state index < -0.39 is 10.0 Å². The van der Waals surface area contributed by atoms with Crippen molar-refractivity contribution in [2.45, 2.75) is 49.6 Å². The lowest BCUT2D eigenvalue weighted by molar-refractivity contribution is 0.178. The molecule has 0 aromatic heterocycles. The second-order valence-electron chi connectivity index (χ2n) is 6.42. The van der Waals surface area contributed by atoms with Crippen LogP contribution in [0.25, 0.3) is 0 Å². The van der Waals surface area contributed by atoms with Gasteiger partial charge in [-0.05, 0) is 70.4 Å². The zero-order valence-electron chi connectivity index (χ0n) is 12.8. The first kappa shape index (κ1) is 15.0. The third-order valence-electron chi connectivity index (χ3n) is 4.52. The predicted molar refractivity (Wildman–Crippen MR) is 83.7 cm³/mol. The number of hydrogen-bond acceptors (Lipinski definition) is 3.